The highest BCUT2D eigenvalue weighted by molar-refractivity contribution is 7.26. The average Bonchev–Trinajstić information content (AvgIpc) is 3.51. The van der Waals surface area contributed by atoms with Gasteiger partial charge < -0.3 is 0 Å². The number of rotatable bonds is 4. The first kappa shape index (κ1) is 25.8. The molecule has 3 nitrogen and oxygen atoms in total. The van der Waals surface area contributed by atoms with Crippen molar-refractivity contribution in [1.82, 2.24) is 15.0 Å². The summed E-state index contributed by atoms with van der Waals surface area (Å²) < 4.78 is 2.67. The Balaban J connectivity index is 1.23. The van der Waals surface area contributed by atoms with Crippen molar-refractivity contribution >= 4 is 53.1 Å². The van der Waals surface area contributed by atoms with Crippen LogP contribution in [-0.2, 0) is 0 Å². The van der Waals surface area contributed by atoms with Crippen LogP contribution in [0.1, 0.15) is 0 Å². The molecule has 0 unspecified atom stereocenters. The molecule has 0 spiro atoms. The summed E-state index contributed by atoms with van der Waals surface area (Å²) in [6, 6.07) is 53.2. The summed E-state index contributed by atoms with van der Waals surface area (Å²) in [5.74, 6) is 1.98. The Morgan fingerprint density at radius 1 is 0.378 bits per heavy atom. The molecule has 0 bridgehead atoms. The number of thiophene rings is 1. The second kappa shape index (κ2) is 10.5. The van der Waals surface area contributed by atoms with Crippen LogP contribution in [0.3, 0.4) is 0 Å². The molecule has 0 radical (unpaired) electrons. The normalized spacial score (nSPS) is 11.6. The summed E-state index contributed by atoms with van der Waals surface area (Å²) >= 11 is 1.88. The standard InChI is InChI=1S/C41H25N3S/c1-3-11-27(12-4-1)39-42-40(28-13-5-2-6-14-28)44-41(43-39)30-16-9-15-29(25-30)31-18-10-19-34-32(31)23-21-26-22-24-35-33-17-7-8-20-36(33)45-38(35)37(26)34/h1-25H. The zero-order chi connectivity index (χ0) is 29.7. The van der Waals surface area contributed by atoms with Gasteiger partial charge in [-0.1, -0.05) is 140 Å². The molecule has 210 valence electrons. The van der Waals surface area contributed by atoms with Crippen LogP contribution in [0.4, 0.5) is 0 Å². The van der Waals surface area contributed by atoms with Gasteiger partial charge in [-0.2, -0.15) is 0 Å². The zero-order valence-corrected chi connectivity index (χ0v) is 25.0. The molecule has 0 fully saturated rings. The van der Waals surface area contributed by atoms with E-state index in [2.05, 4.69) is 91.0 Å². The predicted molar refractivity (Wildman–Crippen MR) is 189 cm³/mol. The highest BCUT2D eigenvalue weighted by atomic mass is 32.1. The van der Waals surface area contributed by atoms with Gasteiger partial charge in [0.15, 0.2) is 17.5 Å². The van der Waals surface area contributed by atoms with Crippen LogP contribution in [0, 0.1) is 0 Å². The highest BCUT2D eigenvalue weighted by Crippen LogP contribution is 2.42. The zero-order valence-electron chi connectivity index (χ0n) is 24.2. The van der Waals surface area contributed by atoms with Crippen LogP contribution >= 0.6 is 11.3 Å². The van der Waals surface area contributed by atoms with Gasteiger partial charge in [-0.25, -0.2) is 15.0 Å². The van der Waals surface area contributed by atoms with Gasteiger partial charge in [-0.3, -0.25) is 0 Å². The molecule has 9 rings (SSSR count). The highest BCUT2D eigenvalue weighted by Gasteiger charge is 2.15. The lowest BCUT2D eigenvalue weighted by Crippen LogP contribution is -2.00. The van der Waals surface area contributed by atoms with Crippen LogP contribution in [0.5, 0.6) is 0 Å². The average molecular weight is 592 g/mol. The smallest absolute Gasteiger partial charge is 0.164 e. The molecule has 0 saturated heterocycles. The molecular formula is C41H25N3S. The molecule has 45 heavy (non-hydrogen) atoms. The molecule has 0 N–H and O–H groups in total. The summed E-state index contributed by atoms with van der Waals surface area (Å²) in [5.41, 5.74) is 5.19. The minimum atomic E-state index is 0.655. The van der Waals surface area contributed by atoms with Crippen molar-refractivity contribution in [1.29, 1.82) is 0 Å². The van der Waals surface area contributed by atoms with Crippen molar-refractivity contribution in [3.63, 3.8) is 0 Å². The van der Waals surface area contributed by atoms with Gasteiger partial charge >= 0.3 is 0 Å². The van der Waals surface area contributed by atoms with Crippen LogP contribution in [0.2, 0.25) is 0 Å². The third-order valence-electron chi connectivity index (χ3n) is 8.52. The van der Waals surface area contributed by atoms with E-state index in [9.17, 15) is 0 Å². The van der Waals surface area contributed by atoms with Crippen LogP contribution in [0.15, 0.2) is 152 Å². The predicted octanol–water partition coefficient (Wildman–Crippen LogP) is 11.2. The number of nitrogens with zero attached hydrogens (tertiary/aromatic N) is 3. The Kier molecular flexibility index (Phi) is 6.00. The fourth-order valence-electron chi connectivity index (χ4n) is 6.37. The Labute approximate surface area is 264 Å². The fraction of sp³-hybridized carbons (Fsp3) is 0. The minimum absolute atomic E-state index is 0.655. The Morgan fingerprint density at radius 2 is 0.933 bits per heavy atom. The van der Waals surface area contributed by atoms with Crippen LogP contribution < -0.4 is 0 Å². The van der Waals surface area contributed by atoms with Crippen molar-refractivity contribution in [3.05, 3.63) is 152 Å². The third-order valence-corrected chi connectivity index (χ3v) is 9.72. The molecule has 0 aliphatic rings. The summed E-state index contributed by atoms with van der Waals surface area (Å²) in [5, 5.41) is 7.73. The lowest BCUT2D eigenvalue weighted by molar-refractivity contribution is 1.07. The van der Waals surface area contributed by atoms with Gasteiger partial charge in [0.1, 0.15) is 0 Å². The molecule has 2 heterocycles. The van der Waals surface area contributed by atoms with Gasteiger partial charge in [-0.15, -0.1) is 11.3 Å². The van der Waals surface area contributed by atoms with E-state index >= 15 is 0 Å². The molecule has 0 aliphatic heterocycles. The maximum atomic E-state index is 4.97. The van der Waals surface area contributed by atoms with E-state index in [0.717, 1.165) is 22.3 Å². The van der Waals surface area contributed by atoms with Crippen molar-refractivity contribution in [2.45, 2.75) is 0 Å². The molecule has 7 aromatic carbocycles. The van der Waals surface area contributed by atoms with Crippen molar-refractivity contribution < 1.29 is 0 Å². The second-order valence-electron chi connectivity index (χ2n) is 11.2. The number of benzene rings is 7. The van der Waals surface area contributed by atoms with E-state index < -0.39 is 0 Å². The lowest BCUT2D eigenvalue weighted by atomic mass is 9.93. The minimum Gasteiger partial charge on any atom is -0.208 e. The van der Waals surface area contributed by atoms with Gasteiger partial charge in [0.2, 0.25) is 0 Å². The SMILES string of the molecule is c1ccc(-c2nc(-c3ccccc3)nc(-c3cccc(-c4cccc5c4ccc4ccc6c7ccccc7sc6c45)c3)n2)cc1. The number of hydrogen-bond donors (Lipinski definition) is 0. The van der Waals surface area contributed by atoms with Gasteiger partial charge in [-0.05, 0) is 39.4 Å². The number of aromatic nitrogens is 3. The monoisotopic (exact) mass is 591 g/mol. The molecule has 9 aromatic rings. The summed E-state index contributed by atoms with van der Waals surface area (Å²) in [6.45, 7) is 0. The quantitative estimate of drug-likeness (QED) is 0.191. The fourth-order valence-corrected chi connectivity index (χ4v) is 7.64. The van der Waals surface area contributed by atoms with Crippen LogP contribution in [-0.4, -0.2) is 15.0 Å². The molecule has 2 aromatic heterocycles. The Bertz CT molecular complexity index is 2480. The maximum Gasteiger partial charge on any atom is 0.164 e. The topological polar surface area (TPSA) is 38.7 Å². The van der Waals surface area contributed by atoms with Crippen molar-refractivity contribution in [3.8, 4) is 45.3 Å². The molecular weight excluding hydrogens is 567 g/mol. The van der Waals surface area contributed by atoms with E-state index in [1.165, 1.54) is 47.3 Å². The van der Waals surface area contributed by atoms with E-state index in [1.807, 2.05) is 72.0 Å². The summed E-state index contributed by atoms with van der Waals surface area (Å²) in [4.78, 5) is 14.8. The van der Waals surface area contributed by atoms with Crippen molar-refractivity contribution in [2.75, 3.05) is 0 Å². The van der Waals surface area contributed by atoms with Crippen molar-refractivity contribution in [2.24, 2.45) is 0 Å². The van der Waals surface area contributed by atoms with E-state index in [-0.39, 0.29) is 0 Å². The second-order valence-corrected chi connectivity index (χ2v) is 12.3. The summed E-state index contributed by atoms with van der Waals surface area (Å²) in [6.07, 6.45) is 0. The van der Waals surface area contributed by atoms with Gasteiger partial charge in [0.25, 0.3) is 0 Å². The van der Waals surface area contributed by atoms with E-state index in [0.29, 0.717) is 17.5 Å². The molecule has 0 amide bonds. The largest absolute Gasteiger partial charge is 0.208 e. The molecule has 0 aliphatic carbocycles. The number of hydrogen-bond acceptors (Lipinski definition) is 4. The molecule has 0 atom stereocenters. The van der Waals surface area contributed by atoms with E-state index in [1.54, 1.807) is 0 Å². The first-order valence-electron chi connectivity index (χ1n) is 15.0. The summed E-state index contributed by atoms with van der Waals surface area (Å²) in [7, 11) is 0. The lowest BCUT2D eigenvalue weighted by Gasteiger charge is -2.12. The molecule has 0 saturated carbocycles. The van der Waals surface area contributed by atoms with Gasteiger partial charge in [0.05, 0.1) is 0 Å². The Hall–Kier alpha value is -5.71. The molecule has 4 heteroatoms. The first-order valence-corrected chi connectivity index (χ1v) is 15.9. The Morgan fingerprint density at radius 3 is 1.67 bits per heavy atom. The number of fused-ring (bicyclic) bond motifs is 7. The third kappa shape index (κ3) is 4.38. The van der Waals surface area contributed by atoms with Crippen LogP contribution in [0.25, 0.3) is 87.0 Å². The maximum absolute atomic E-state index is 4.97. The van der Waals surface area contributed by atoms with E-state index in [4.69, 9.17) is 15.0 Å². The first-order chi connectivity index (χ1) is 22.3. The van der Waals surface area contributed by atoms with Gasteiger partial charge in [0, 0.05) is 42.2 Å².